The normalized spacial score (nSPS) is 12.3. The fraction of sp³-hybridized carbons (Fsp3) is 0.389. The van der Waals surface area contributed by atoms with E-state index in [1.165, 1.54) is 23.1 Å². The van der Waals surface area contributed by atoms with Crippen molar-refractivity contribution in [2.24, 2.45) is 0 Å². The van der Waals surface area contributed by atoms with Crippen molar-refractivity contribution in [3.8, 4) is 0 Å². The number of pyridine rings is 1. The van der Waals surface area contributed by atoms with Crippen LogP contribution in [0.1, 0.15) is 30.0 Å². The van der Waals surface area contributed by atoms with Crippen LogP contribution in [0.4, 0.5) is 0 Å². The van der Waals surface area contributed by atoms with E-state index in [4.69, 9.17) is 0 Å². The Labute approximate surface area is 122 Å². The Balaban J connectivity index is 1.94. The monoisotopic (exact) mass is 268 g/mol. The highest BCUT2D eigenvalue weighted by molar-refractivity contribution is 5.25. The number of aryl methyl sites for hydroxylation is 2. The van der Waals surface area contributed by atoms with Crippen LogP contribution in [-0.2, 0) is 12.8 Å². The van der Waals surface area contributed by atoms with E-state index in [0.29, 0.717) is 6.04 Å². The van der Waals surface area contributed by atoms with E-state index in [0.717, 1.165) is 19.4 Å². The average Bonchev–Trinajstić information content (AvgIpc) is 2.47. The van der Waals surface area contributed by atoms with Crippen LogP contribution in [0.5, 0.6) is 0 Å². The number of benzene rings is 1. The minimum atomic E-state index is 0.530. The highest BCUT2D eigenvalue weighted by atomic mass is 14.9. The predicted octanol–water partition coefficient (Wildman–Crippen LogP) is 3.54. The second-order valence-electron chi connectivity index (χ2n) is 5.28. The first kappa shape index (κ1) is 14.7. The molecule has 1 unspecified atom stereocenters. The molecule has 106 valence electrons. The number of nitrogens with zero attached hydrogens (tertiary/aromatic N) is 1. The van der Waals surface area contributed by atoms with Gasteiger partial charge in [-0.15, -0.1) is 0 Å². The van der Waals surface area contributed by atoms with Gasteiger partial charge in [0, 0.05) is 18.4 Å². The Kier molecular flexibility index (Phi) is 5.75. The summed E-state index contributed by atoms with van der Waals surface area (Å²) in [5.74, 6) is 0. The lowest BCUT2D eigenvalue weighted by Gasteiger charge is -2.18. The zero-order chi connectivity index (χ0) is 14.2. The van der Waals surface area contributed by atoms with Gasteiger partial charge in [0.2, 0.25) is 0 Å². The second-order valence-corrected chi connectivity index (χ2v) is 5.28. The number of rotatable bonds is 7. The maximum absolute atomic E-state index is 4.08. The maximum atomic E-state index is 4.08. The lowest BCUT2D eigenvalue weighted by Crippen LogP contribution is -2.31. The topological polar surface area (TPSA) is 24.9 Å². The molecule has 20 heavy (non-hydrogen) atoms. The molecular formula is C18H24N2. The summed E-state index contributed by atoms with van der Waals surface area (Å²) in [6.07, 6.45) is 7.12. The third kappa shape index (κ3) is 4.46. The van der Waals surface area contributed by atoms with Gasteiger partial charge in [-0.1, -0.05) is 31.2 Å². The molecule has 0 aliphatic carbocycles. The first-order chi connectivity index (χ1) is 9.79. The summed E-state index contributed by atoms with van der Waals surface area (Å²) >= 11 is 0. The summed E-state index contributed by atoms with van der Waals surface area (Å²) in [5, 5.41) is 3.60. The van der Waals surface area contributed by atoms with Crippen LogP contribution in [0.3, 0.4) is 0 Å². The van der Waals surface area contributed by atoms with Crippen molar-refractivity contribution in [3.63, 3.8) is 0 Å². The van der Waals surface area contributed by atoms with Crippen LogP contribution in [0.25, 0.3) is 0 Å². The van der Waals surface area contributed by atoms with Gasteiger partial charge in [0.25, 0.3) is 0 Å². The fourth-order valence-corrected chi connectivity index (χ4v) is 2.59. The van der Waals surface area contributed by atoms with Crippen LogP contribution in [0.2, 0.25) is 0 Å². The molecule has 1 aromatic heterocycles. The molecule has 1 heterocycles. The number of nitrogens with one attached hydrogen (secondary N) is 1. The fourth-order valence-electron chi connectivity index (χ4n) is 2.59. The predicted molar refractivity (Wildman–Crippen MR) is 84.9 cm³/mol. The van der Waals surface area contributed by atoms with Crippen molar-refractivity contribution >= 4 is 0 Å². The van der Waals surface area contributed by atoms with Gasteiger partial charge in [0.1, 0.15) is 0 Å². The largest absolute Gasteiger partial charge is 0.314 e. The molecule has 2 aromatic rings. The third-order valence-corrected chi connectivity index (χ3v) is 3.75. The van der Waals surface area contributed by atoms with Crippen molar-refractivity contribution in [1.82, 2.24) is 10.3 Å². The number of likely N-dealkylation sites (N-methyl/N-ethyl adjacent to an activating group) is 1. The molecule has 1 atom stereocenters. The molecule has 2 heteroatoms. The highest BCUT2D eigenvalue weighted by Crippen LogP contribution is 2.13. The minimum absolute atomic E-state index is 0.530. The molecular weight excluding hydrogens is 244 g/mol. The van der Waals surface area contributed by atoms with Gasteiger partial charge in [-0.3, -0.25) is 4.98 Å². The van der Waals surface area contributed by atoms with Crippen LogP contribution >= 0.6 is 0 Å². The lowest BCUT2D eigenvalue weighted by molar-refractivity contribution is 0.490. The summed E-state index contributed by atoms with van der Waals surface area (Å²) in [6.45, 7) is 5.39. The molecule has 0 aliphatic rings. The standard InChI is InChI=1S/C18H24N2/c1-3-20-18(14-16-10-12-19-13-11-16)9-8-17-7-5-4-6-15(17)2/h4-7,10-13,18,20H,3,8-9,14H2,1-2H3. The van der Waals surface area contributed by atoms with Crippen LogP contribution in [0.15, 0.2) is 48.8 Å². The van der Waals surface area contributed by atoms with E-state index >= 15 is 0 Å². The van der Waals surface area contributed by atoms with E-state index in [1.807, 2.05) is 12.4 Å². The van der Waals surface area contributed by atoms with E-state index in [9.17, 15) is 0 Å². The van der Waals surface area contributed by atoms with E-state index in [-0.39, 0.29) is 0 Å². The molecule has 0 bridgehead atoms. The molecule has 0 saturated heterocycles. The van der Waals surface area contributed by atoms with Crippen LogP contribution in [0, 0.1) is 6.92 Å². The summed E-state index contributed by atoms with van der Waals surface area (Å²) in [6, 6.07) is 13.4. The van der Waals surface area contributed by atoms with Crippen LogP contribution < -0.4 is 5.32 Å². The summed E-state index contributed by atoms with van der Waals surface area (Å²) in [4.78, 5) is 4.08. The molecule has 0 radical (unpaired) electrons. The van der Waals surface area contributed by atoms with Gasteiger partial charge < -0.3 is 5.32 Å². The van der Waals surface area contributed by atoms with Gasteiger partial charge in [-0.25, -0.2) is 0 Å². The van der Waals surface area contributed by atoms with E-state index in [2.05, 4.69) is 60.5 Å². The maximum Gasteiger partial charge on any atom is 0.0270 e. The van der Waals surface area contributed by atoms with Gasteiger partial charge in [-0.2, -0.15) is 0 Å². The first-order valence-electron chi connectivity index (χ1n) is 7.46. The van der Waals surface area contributed by atoms with Crippen molar-refractivity contribution in [2.75, 3.05) is 6.54 Å². The molecule has 2 rings (SSSR count). The molecule has 0 fully saturated rings. The minimum Gasteiger partial charge on any atom is -0.314 e. The van der Waals surface area contributed by atoms with Crippen molar-refractivity contribution in [2.45, 2.75) is 39.2 Å². The Morgan fingerprint density at radius 1 is 1.10 bits per heavy atom. The van der Waals surface area contributed by atoms with Gasteiger partial charge in [0.05, 0.1) is 0 Å². The lowest BCUT2D eigenvalue weighted by atomic mass is 9.97. The quantitative estimate of drug-likeness (QED) is 0.830. The highest BCUT2D eigenvalue weighted by Gasteiger charge is 2.09. The van der Waals surface area contributed by atoms with Crippen molar-refractivity contribution in [1.29, 1.82) is 0 Å². The third-order valence-electron chi connectivity index (χ3n) is 3.75. The molecule has 1 N–H and O–H groups in total. The molecule has 0 saturated carbocycles. The Morgan fingerprint density at radius 2 is 1.85 bits per heavy atom. The zero-order valence-corrected chi connectivity index (χ0v) is 12.5. The summed E-state index contributed by atoms with van der Waals surface area (Å²) < 4.78 is 0. The van der Waals surface area contributed by atoms with Gasteiger partial charge in [0.15, 0.2) is 0 Å². The van der Waals surface area contributed by atoms with Gasteiger partial charge in [-0.05, 0) is 61.6 Å². The molecule has 0 spiro atoms. The van der Waals surface area contributed by atoms with E-state index in [1.54, 1.807) is 0 Å². The van der Waals surface area contributed by atoms with Crippen LogP contribution in [-0.4, -0.2) is 17.6 Å². The Morgan fingerprint density at radius 3 is 2.55 bits per heavy atom. The summed E-state index contributed by atoms with van der Waals surface area (Å²) in [7, 11) is 0. The Bertz CT molecular complexity index is 508. The number of hydrogen-bond acceptors (Lipinski definition) is 2. The smallest absolute Gasteiger partial charge is 0.0270 e. The second kappa shape index (κ2) is 7.81. The van der Waals surface area contributed by atoms with Crippen molar-refractivity contribution in [3.05, 3.63) is 65.5 Å². The molecule has 0 amide bonds. The Hall–Kier alpha value is -1.67. The summed E-state index contributed by atoms with van der Waals surface area (Å²) in [5.41, 5.74) is 4.22. The number of aromatic nitrogens is 1. The van der Waals surface area contributed by atoms with Gasteiger partial charge >= 0.3 is 0 Å². The van der Waals surface area contributed by atoms with Crippen molar-refractivity contribution < 1.29 is 0 Å². The molecule has 2 nitrogen and oxygen atoms in total. The zero-order valence-electron chi connectivity index (χ0n) is 12.5. The average molecular weight is 268 g/mol. The van der Waals surface area contributed by atoms with E-state index < -0.39 is 0 Å². The molecule has 0 aliphatic heterocycles. The number of hydrogen-bond donors (Lipinski definition) is 1. The first-order valence-corrected chi connectivity index (χ1v) is 7.46. The SMILES string of the molecule is CCNC(CCc1ccccc1C)Cc1ccncc1. The molecule has 1 aromatic carbocycles.